The Morgan fingerprint density at radius 3 is 1.07 bits per heavy atom. The van der Waals surface area contributed by atoms with Gasteiger partial charge in [0.2, 0.25) is 0 Å². The van der Waals surface area contributed by atoms with E-state index in [9.17, 15) is 0 Å². The van der Waals surface area contributed by atoms with Gasteiger partial charge in [-0.15, -0.1) is 11.3 Å². The van der Waals surface area contributed by atoms with E-state index in [1.54, 1.807) is 11.3 Å². The number of nitrogens with zero attached hydrogens (tertiary/aromatic N) is 6. The Hall–Kier alpha value is -7.22. The van der Waals surface area contributed by atoms with Gasteiger partial charge in [0.25, 0.3) is 0 Å². The van der Waals surface area contributed by atoms with Crippen LogP contribution in [-0.2, 0) is 0 Å². The summed E-state index contributed by atoms with van der Waals surface area (Å²) in [6.07, 6.45) is 0. The van der Waals surface area contributed by atoms with E-state index in [-0.39, 0.29) is 0 Å². The summed E-state index contributed by atoms with van der Waals surface area (Å²) in [7, 11) is 0. The van der Waals surface area contributed by atoms with E-state index in [1.165, 1.54) is 25.7 Å². The number of aromatic nitrogens is 6. The minimum absolute atomic E-state index is 0.635. The van der Waals surface area contributed by atoms with Crippen molar-refractivity contribution in [2.45, 2.75) is 0 Å². The van der Waals surface area contributed by atoms with Gasteiger partial charge in [0.1, 0.15) is 0 Å². The van der Waals surface area contributed by atoms with Crippen LogP contribution in [0.5, 0.6) is 0 Å². The van der Waals surface area contributed by atoms with Crippen molar-refractivity contribution in [2.24, 2.45) is 0 Å². The van der Waals surface area contributed by atoms with Gasteiger partial charge in [-0.2, -0.15) is 0 Å². The van der Waals surface area contributed by atoms with Crippen LogP contribution in [0.25, 0.3) is 99.6 Å². The first-order valence-corrected chi connectivity index (χ1v) is 18.9. The van der Waals surface area contributed by atoms with Gasteiger partial charge in [-0.3, -0.25) is 0 Å². The maximum atomic E-state index is 4.97. The molecule has 0 aliphatic carbocycles. The van der Waals surface area contributed by atoms with Gasteiger partial charge in [0.15, 0.2) is 34.9 Å². The molecule has 0 atom stereocenters. The quantitative estimate of drug-likeness (QED) is 0.163. The maximum Gasteiger partial charge on any atom is 0.164 e. The Kier molecular flexibility index (Phi) is 8.24. The molecule has 3 aromatic heterocycles. The van der Waals surface area contributed by atoms with Crippen molar-refractivity contribution in [1.29, 1.82) is 0 Å². The summed E-state index contributed by atoms with van der Waals surface area (Å²) in [6.45, 7) is 0. The number of hydrogen-bond donors (Lipinski definition) is 0. The third-order valence-electron chi connectivity index (χ3n) is 9.61. The molecular formula is C48H30N6S. The van der Waals surface area contributed by atoms with E-state index in [0.29, 0.717) is 34.9 Å². The molecule has 6 nitrogen and oxygen atoms in total. The first-order valence-electron chi connectivity index (χ1n) is 18.0. The fraction of sp³-hybridized carbons (Fsp3) is 0. The van der Waals surface area contributed by atoms with Crippen LogP contribution in [0.15, 0.2) is 182 Å². The van der Waals surface area contributed by atoms with E-state index >= 15 is 0 Å². The number of hydrogen-bond acceptors (Lipinski definition) is 7. The molecule has 0 saturated carbocycles. The summed E-state index contributed by atoms with van der Waals surface area (Å²) in [6, 6.07) is 61.9. The largest absolute Gasteiger partial charge is 0.208 e. The van der Waals surface area contributed by atoms with Gasteiger partial charge >= 0.3 is 0 Å². The van der Waals surface area contributed by atoms with Gasteiger partial charge in [-0.1, -0.05) is 176 Å². The van der Waals surface area contributed by atoms with E-state index in [2.05, 4.69) is 60.7 Å². The Morgan fingerprint density at radius 1 is 0.273 bits per heavy atom. The molecule has 7 heteroatoms. The highest BCUT2D eigenvalue weighted by Gasteiger charge is 2.17. The van der Waals surface area contributed by atoms with Crippen molar-refractivity contribution < 1.29 is 0 Å². The monoisotopic (exact) mass is 722 g/mol. The molecule has 10 rings (SSSR count). The molecule has 0 fully saturated rings. The fourth-order valence-corrected chi connectivity index (χ4v) is 8.12. The average molecular weight is 723 g/mol. The van der Waals surface area contributed by atoms with Crippen LogP contribution < -0.4 is 0 Å². The van der Waals surface area contributed by atoms with Crippen molar-refractivity contribution in [1.82, 2.24) is 29.9 Å². The average Bonchev–Trinajstić information content (AvgIpc) is 3.66. The second-order valence-electron chi connectivity index (χ2n) is 13.1. The molecule has 258 valence electrons. The first kappa shape index (κ1) is 32.4. The summed E-state index contributed by atoms with van der Waals surface area (Å²) in [4.78, 5) is 29.5. The third kappa shape index (κ3) is 6.33. The molecule has 0 saturated heterocycles. The number of benzene rings is 7. The predicted octanol–water partition coefficient (Wildman–Crippen LogP) is 12.1. The summed E-state index contributed by atoms with van der Waals surface area (Å²) in [5, 5.41) is 2.42. The first-order chi connectivity index (χ1) is 27.2. The molecule has 3 heterocycles. The van der Waals surface area contributed by atoms with Gasteiger partial charge in [-0.25, -0.2) is 29.9 Å². The lowest BCUT2D eigenvalue weighted by Gasteiger charge is -2.09. The van der Waals surface area contributed by atoms with Crippen LogP contribution in [0.4, 0.5) is 0 Å². The Labute approximate surface area is 321 Å². The number of fused-ring (bicyclic) bond motifs is 3. The maximum absolute atomic E-state index is 4.97. The zero-order valence-corrected chi connectivity index (χ0v) is 30.2. The molecule has 0 bridgehead atoms. The van der Waals surface area contributed by atoms with Crippen LogP contribution in [0.3, 0.4) is 0 Å². The van der Waals surface area contributed by atoms with Gasteiger partial charge in [0.05, 0.1) is 0 Å². The van der Waals surface area contributed by atoms with Gasteiger partial charge in [0, 0.05) is 53.6 Å². The van der Waals surface area contributed by atoms with Crippen LogP contribution in [0, 0.1) is 0 Å². The minimum Gasteiger partial charge on any atom is -0.208 e. The zero-order valence-electron chi connectivity index (χ0n) is 29.4. The molecule has 0 radical (unpaired) electrons. The molecule has 0 amide bonds. The highest BCUT2D eigenvalue weighted by Crippen LogP contribution is 2.41. The summed E-state index contributed by atoms with van der Waals surface area (Å²) >= 11 is 1.79. The predicted molar refractivity (Wildman–Crippen MR) is 224 cm³/mol. The molecule has 0 unspecified atom stereocenters. The standard InChI is InChI=1S/C48H30N6S/c1-5-14-32(15-6-1)43-49-44(33-16-7-2-8-17-33)52-47(51-43)36-26-24-31(25-27-36)38-22-13-23-40-39-29-28-37(30-41(39)55-42(38)40)48-53-45(34-18-9-3-10-19-34)50-46(54-48)35-20-11-4-12-21-35/h1-30H. The third-order valence-corrected chi connectivity index (χ3v) is 10.8. The topological polar surface area (TPSA) is 77.3 Å². The lowest BCUT2D eigenvalue weighted by Crippen LogP contribution is -2.00. The van der Waals surface area contributed by atoms with Gasteiger partial charge in [-0.05, 0) is 17.2 Å². The molecule has 0 aliphatic heterocycles. The molecule has 10 aromatic rings. The molecule has 55 heavy (non-hydrogen) atoms. The lowest BCUT2D eigenvalue weighted by atomic mass is 10.0. The van der Waals surface area contributed by atoms with E-state index in [0.717, 1.165) is 38.9 Å². The Morgan fingerprint density at radius 2 is 0.636 bits per heavy atom. The number of rotatable bonds is 7. The van der Waals surface area contributed by atoms with Crippen molar-refractivity contribution in [3.8, 4) is 79.5 Å². The van der Waals surface area contributed by atoms with Crippen molar-refractivity contribution in [3.05, 3.63) is 182 Å². The lowest BCUT2D eigenvalue weighted by molar-refractivity contribution is 1.07. The highest BCUT2D eigenvalue weighted by atomic mass is 32.1. The van der Waals surface area contributed by atoms with Crippen LogP contribution in [0.2, 0.25) is 0 Å². The molecule has 0 aliphatic rings. The van der Waals surface area contributed by atoms with Crippen molar-refractivity contribution in [3.63, 3.8) is 0 Å². The minimum atomic E-state index is 0.635. The van der Waals surface area contributed by atoms with Crippen LogP contribution >= 0.6 is 11.3 Å². The molecule has 7 aromatic carbocycles. The van der Waals surface area contributed by atoms with E-state index in [4.69, 9.17) is 29.9 Å². The molecular weight excluding hydrogens is 693 g/mol. The van der Waals surface area contributed by atoms with Crippen LogP contribution in [-0.4, -0.2) is 29.9 Å². The summed E-state index contributed by atoms with van der Waals surface area (Å²) in [5.41, 5.74) is 7.97. The molecule has 0 spiro atoms. The normalized spacial score (nSPS) is 11.3. The zero-order chi connectivity index (χ0) is 36.6. The summed E-state index contributed by atoms with van der Waals surface area (Å²) in [5.74, 6) is 3.87. The van der Waals surface area contributed by atoms with Crippen molar-refractivity contribution >= 4 is 31.5 Å². The van der Waals surface area contributed by atoms with Gasteiger partial charge < -0.3 is 0 Å². The van der Waals surface area contributed by atoms with E-state index < -0.39 is 0 Å². The fourth-order valence-electron chi connectivity index (χ4n) is 6.84. The second-order valence-corrected chi connectivity index (χ2v) is 14.2. The van der Waals surface area contributed by atoms with E-state index in [1.807, 2.05) is 121 Å². The smallest absolute Gasteiger partial charge is 0.164 e. The highest BCUT2D eigenvalue weighted by molar-refractivity contribution is 7.26. The van der Waals surface area contributed by atoms with Crippen molar-refractivity contribution in [2.75, 3.05) is 0 Å². The number of thiophene rings is 1. The summed E-state index contributed by atoms with van der Waals surface area (Å²) < 4.78 is 2.40. The Bertz CT molecular complexity index is 2840. The SMILES string of the molecule is c1ccc(-c2nc(-c3ccccc3)nc(-c3ccc(-c4cccc5c4sc4cc(-c6nc(-c7ccccc7)nc(-c7ccccc7)n6)ccc45)cc3)n2)cc1. The molecule has 0 N–H and O–H groups in total. The Balaban J connectivity index is 1.03. The second kappa shape index (κ2) is 14.0. The van der Waals surface area contributed by atoms with Crippen LogP contribution in [0.1, 0.15) is 0 Å².